The highest BCUT2D eigenvalue weighted by Gasteiger charge is 2.18. The normalized spacial score (nSPS) is 23.9. The molecular weight excluding hydrogens is 236 g/mol. The zero-order chi connectivity index (χ0) is 13.1. The van der Waals surface area contributed by atoms with E-state index < -0.39 is 0 Å². The van der Waals surface area contributed by atoms with Gasteiger partial charge >= 0.3 is 0 Å². The first-order chi connectivity index (χ1) is 9.31. The van der Waals surface area contributed by atoms with Crippen molar-refractivity contribution >= 4 is 0 Å². The van der Waals surface area contributed by atoms with E-state index in [1.165, 1.54) is 37.1 Å². The summed E-state index contributed by atoms with van der Waals surface area (Å²) in [5.41, 5.74) is 2.88. The van der Waals surface area contributed by atoms with Crippen molar-refractivity contribution in [2.75, 3.05) is 33.3 Å². The molecule has 1 aromatic carbocycles. The minimum Gasteiger partial charge on any atom is -0.493 e. The lowest BCUT2D eigenvalue weighted by molar-refractivity contribution is 0.150. The smallest absolute Gasteiger partial charge is 0.119 e. The van der Waals surface area contributed by atoms with Gasteiger partial charge in [0, 0.05) is 19.0 Å². The standard InChI is InChI=1S/C16H24N2O/c1-18-8-2-3-13(11-18)12-19-16-5-4-15-10-17-7-6-14(15)9-16/h4-5,9,13,17H,2-3,6-8,10-12H2,1H3. The first kappa shape index (κ1) is 12.9. The molecule has 2 aliphatic heterocycles. The summed E-state index contributed by atoms with van der Waals surface area (Å²) in [7, 11) is 2.21. The zero-order valence-corrected chi connectivity index (χ0v) is 11.8. The van der Waals surface area contributed by atoms with Crippen molar-refractivity contribution < 1.29 is 4.74 Å². The summed E-state index contributed by atoms with van der Waals surface area (Å²) in [5.74, 6) is 1.74. The van der Waals surface area contributed by atoms with Gasteiger partial charge in [-0.25, -0.2) is 0 Å². The van der Waals surface area contributed by atoms with E-state index in [0.717, 1.165) is 31.9 Å². The van der Waals surface area contributed by atoms with Gasteiger partial charge in [-0.2, -0.15) is 0 Å². The van der Waals surface area contributed by atoms with Gasteiger partial charge in [-0.3, -0.25) is 0 Å². The van der Waals surface area contributed by atoms with Gasteiger partial charge in [-0.15, -0.1) is 0 Å². The van der Waals surface area contributed by atoms with Crippen molar-refractivity contribution in [2.45, 2.75) is 25.8 Å². The zero-order valence-electron chi connectivity index (χ0n) is 11.8. The maximum absolute atomic E-state index is 6.01. The van der Waals surface area contributed by atoms with Crippen LogP contribution in [-0.2, 0) is 13.0 Å². The molecule has 104 valence electrons. The van der Waals surface area contributed by atoms with Crippen molar-refractivity contribution in [3.8, 4) is 5.75 Å². The first-order valence-corrected chi connectivity index (χ1v) is 7.45. The molecule has 0 bridgehead atoms. The van der Waals surface area contributed by atoms with Gasteiger partial charge in [0.2, 0.25) is 0 Å². The van der Waals surface area contributed by atoms with Gasteiger partial charge in [0.1, 0.15) is 5.75 Å². The number of fused-ring (bicyclic) bond motifs is 1. The van der Waals surface area contributed by atoms with Crippen LogP contribution < -0.4 is 10.1 Å². The number of likely N-dealkylation sites (tertiary alicyclic amines) is 1. The van der Waals surface area contributed by atoms with Crippen LogP contribution in [0.4, 0.5) is 0 Å². The number of rotatable bonds is 3. The second-order valence-corrected chi connectivity index (χ2v) is 5.94. The van der Waals surface area contributed by atoms with Crippen LogP contribution in [0, 0.1) is 5.92 Å². The van der Waals surface area contributed by atoms with Gasteiger partial charge in [-0.1, -0.05) is 6.07 Å². The van der Waals surface area contributed by atoms with Crippen LogP contribution in [0.3, 0.4) is 0 Å². The topological polar surface area (TPSA) is 24.5 Å². The highest BCUT2D eigenvalue weighted by molar-refractivity contribution is 5.37. The lowest BCUT2D eigenvalue weighted by Crippen LogP contribution is -2.34. The fraction of sp³-hybridized carbons (Fsp3) is 0.625. The van der Waals surface area contributed by atoms with E-state index >= 15 is 0 Å². The molecule has 0 aromatic heterocycles. The van der Waals surface area contributed by atoms with Gasteiger partial charge in [0.15, 0.2) is 0 Å². The molecule has 1 saturated heterocycles. The lowest BCUT2D eigenvalue weighted by atomic mass is 9.99. The monoisotopic (exact) mass is 260 g/mol. The maximum atomic E-state index is 6.01. The van der Waals surface area contributed by atoms with Gasteiger partial charge < -0.3 is 15.0 Å². The number of hydrogen-bond acceptors (Lipinski definition) is 3. The second kappa shape index (κ2) is 5.93. The Kier molecular flexibility index (Phi) is 4.04. The van der Waals surface area contributed by atoms with Crippen molar-refractivity contribution in [2.24, 2.45) is 5.92 Å². The summed E-state index contributed by atoms with van der Waals surface area (Å²) in [6.07, 6.45) is 3.73. The van der Waals surface area contributed by atoms with E-state index in [1.54, 1.807) is 0 Å². The molecular formula is C16H24N2O. The number of ether oxygens (including phenoxy) is 1. The number of nitrogens with one attached hydrogen (secondary N) is 1. The average molecular weight is 260 g/mol. The van der Waals surface area contributed by atoms with Crippen LogP contribution in [0.25, 0.3) is 0 Å². The molecule has 3 heteroatoms. The van der Waals surface area contributed by atoms with E-state index in [4.69, 9.17) is 4.74 Å². The quantitative estimate of drug-likeness (QED) is 0.900. The third kappa shape index (κ3) is 3.28. The van der Waals surface area contributed by atoms with Crippen molar-refractivity contribution in [1.82, 2.24) is 10.2 Å². The van der Waals surface area contributed by atoms with Crippen molar-refractivity contribution in [3.63, 3.8) is 0 Å². The molecule has 3 nitrogen and oxygen atoms in total. The summed E-state index contributed by atoms with van der Waals surface area (Å²) >= 11 is 0. The molecule has 3 rings (SSSR count). The Morgan fingerprint density at radius 1 is 1.37 bits per heavy atom. The van der Waals surface area contributed by atoms with Gasteiger partial charge in [0.05, 0.1) is 6.61 Å². The molecule has 1 aromatic rings. The molecule has 1 atom stereocenters. The van der Waals surface area contributed by atoms with Crippen LogP contribution in [0.1, 0.15) is 24.0 Å². The van der Waals surface area contributed by atoms with E-state index in [1.807, 2.05) is 0 Å². The Bertz CT molecular complexity index is 433. The summed E-state index contributed by atoms with van der Waals surface area (Å²) < 4.78 is 6.01. The molecule has 1 unspecified atom stereocenters. The van der Waals surface area contributed by atoms with E-state index in [2.05, 4.69) is 35.5 Å². The highest BCUT2D eigenvalue weighted by atomic mass is 16.5. The van der Waals surface area contributed by atoms with E-state index in [-0.39, 0.29) is 0 Å². The molecule has 1 N–H and O–H groups in total. The lowest BCUT2D eigenvalue weighted by Gasteiger charge is -2.29. The highest BCUT2D eigenvalue weighted by Crippen LogP contribution is 2.22. The van der Waals surface area contributed by atoms with Crippen molar-refractivity contribution in [1.29, 1.82) is 0 Å². The summed E-state index contributed by atoms with van der Waals surface area (Å²) in [6.45, 7) is 5.37. The Hall–Kier alpha value is -1.06. The Labute approximate surface area is 115 Å². The van der Waals surface area contributed by atoms with Gasteiger partial charge in [-0.05, 0) is 62.7 Å². The maximum Gasteiger partial charge on any atom is 0.119 e. The SMILES string of the molecule is CN1CCCC(COc2ccc3c(c2)CCNC3)C1. The van der Waals surface area contributed by atoms with Crippen LogP contribution in [-0.4, -0.2) is 38.2 Å². The molecule has 1 fully saturated rings. The minimum absolute atomic E-state index is 0.691. The number of hydrogen-bond donors (Lipinski definition) is 1. The molecule has 0 aliphatic carbocycles. The second-order valence-electron chi connectivity index (χ2n) is 5.94. The third-order valence-corrected chi connectivity index (χ3v) is 4.27. The largest absolute Gasteiger partial charge is 0.493 e. The summed E-state index contributed by atoms with van der Waals surface area (Å²) in [4.78, 5) is 2.41. The fourth-order valence-corrected chi connectivity index (χ4v) is 3.17. The molecule has 19 heavy (non-hydrogen) atoms. The van der Waals surface area contributed by atoms with Crippen molar-refractivity contribution in [3.05, 3.63) is 29.3 Å². The fourth-order valence-electron chi connectivity index (χ4n) is 3.17. The van der Waals surface area contributed by atoms with Crippen LogP contribution in [0.5, 0.6) is 5.75 Å². The first-order valence-electron chi connectivity index (χ1n) is 7.45. The molecule has 0 radical (unpaired) electrons. The van der Waals surface area contributed by atoms with Gasteiger partial charge in [0.25, 0.3) is 0 Å². The summed E-state index contributed by atoms with van der Waals surface area (Å²) in [5, 5.41) is 3.40. The molecule has 0 amide bonds. The number of piperidine rings is 1. The predicted molar refractivity (Wildman–Crippen MR) is 77.6 cm³/mol. The predicted octanol–water partition coefficient (Wildman–Crippen LogP) is 2.05. The Morgan fingerprint density at radius 3 is 3.21 bits per heavy atom. The average Bonchev–Trinajstić information content (AvgIpc) is 2.45. The van der Waals surface area contributed by atoms with Crippen LogP contribution in [0.2, 0.25) is 0 Å². The Balaban J connectivity index is 1.57. The number of benzene rings is 1. The molecule has 2 heterocycles. The molecule has 2 aliphatic rings. The minimum atomic E-state index is 0.691. The summed E-state index contributed by atoms with van der Waals surface area (Å²) in [6, 6.07) is 6.57. The van der Waals surface area contributed by atoms with E-state index in [0.29, 0.717) is 5.92 Å². The molecule has 0 saturated carbocycles. The Morgan fingerprint density at radius 2 is 2.32 bits per heavy atom. The van der Waals surface area contributed by atoms with Crippen LogP contribution >= 0.6 is 0 Å². The number of nitrogens with zero attached hydrogens (tertiary/aromatic N) is 1. The van der Waals surface area contributed by atoms with E-state index in [9.17, 15) is 0 Å². The third-order valence-electron chi connectivity index (χ3n) is 4.27. The van der Waals surface area contributed by atoms with Crippen LogP contribution in [0.15, 0.2) is 18.2 Å². The molecule has 0 spiro atoms.